The molecule has 3 atom stereocenters. The Balaban J connectivity index is 4.68. The number of aliphatic hydroxyl groups excluding tert-OH is 2. The summed E-state index contributed by atoms with van der Waals surface area (Å²) in [6.07, 6.45) is 72.4. The standard InChI is InChI=1S/C62H109NO5/c1-4-7-10-13-16-19-22-25-28-30-31-34-37-40-43-46-49-52-55-62(67)68-58(53-50-47-44-41-38-35-32-27-24-21-18-15-12-9-6-3)56-61(66)63-59(57-64)60(65)54-51-48-45-42-39-36-33-29-26-23-20-17-14-11-8-5-2/h9,12,18,21,27-28,30-32,34,38,41,47,50,58-60,64-65H,4-8,10-11,13-17,19-20,22-26,29,33,35-37,39-40,42-46,48-49,51-57H2,1-3H3,(H,63,66)/b12-9-,21-18-,30-28+,32-27-,34-31+,41-38-,50-47-. The van der Waals surface area contributed by atoms with E-state index in [2.05, 4.69) is 99.0 Å². The Kier molecular flexibility index (Phi) is 52.6. The SMILES string of the molecule is CC/C=C\C/C=C\C/C=C\C/C=C\C/C=C\CC(CC(=O)NC(CO)C(O)CCCCCCCCCCCCCCCCCC)OC(=O)CCCCCCC/C=C/C=C/CCCCCCCCC. The van der Waals surface area contributed by atoms with E-state index in [9.17, 15) is 19.8 Å². The van der Waals surface area contributed by atoms with Crippen LogP contribution < -0.4 is 5.32 Å². The van der Waals surface area contributed by atoms with Crippen molar-refractivity contribution in [1.29, 1.82) is 0 Å². The first kappa shape index (κ1) is 65.0. The van der Waals surface area contributed by atoms with Gasteiger partial charge in [-0.3, -0.25) is 9.59 Å². The summed E-state index contributed by atoms with van der Waals surface area (Å²) >= 11 is 0. The van der Waals surface area contributed by atoms with Gasteiger partial charge in [-0.1, -0.05) is 266 Å². The van der Waals surface area contributed by atoms with Crippen LogP contribution in [0.1, 0.15) is 271 Å². The molecule has 0 aliphatic heterocycles. The van der Waals surface area contributed by atoms with Crippen molar-refractivity contribution in [3.63, 3.8) is 0 Å². The highest BCUT2D eigenvalue weighted by Crippen LogP contribution is 2.17. The molecule has 0 rings (SSSR count). The summed E-state index contributed by atoms with van der Waals surface area (Å²) in [6, 6.07) is -0.740. The minimum Gasteiger partial charge on any atom is -0.461 e. The van der Waals surface area contributed by atoms with Crippen LogP contribution in [0, 0.1) is 0 Å². The minimum atomic E-state index is -0.819. The van der Waals surface area contributed by atoms with Gasteiger partial charge in [-0.25, -0.2) is 0 Å². The Bertz CT molecular complexity index is 1290. The van der Waals surface area contributed by atoms with Crippen LogP contribution in [0.3, 0.4) is 0 Å². The van der Waals surface area contributed by atoms with Crippen LogP contribution in [0.25, 0.3) is 0 Å². The number of hydrogen-bond donors (Lipinski definition) is 3. The summed E-state index contributed by atoms with van der Waals surface area (Å²) in [5.41, 5.74) is 0. The number of carbonyl (C=O) groups excluding carboxylic acids is 2. The van der Waals surface area contributed by atoms with Crippen LogP contribution >= 0.6 is 0 Å². The van der Waals surface area contributed by atoms with E-state index in [0.29, 0.717) is 19.3 Å². The summed E-state index contributed by atoms with van der Waals surface area (Å²) in [7, 11) is 0. The van der Waals surface area contributed by atoms with Crippen molar-refractivity contribution in [3.8, 4) is 0 Å². The normalized spacial score (nSPS) is 13.8. The minimum absolute atomic E-state index is 0.00977. The van der Waals surface area contributed by atoms with Crippen molar-refractivity contribution < 1.29 is 24.5 Å². The number of carbonyl (C=O) groups is 2. The lowest BCUT2D eigenvalue weighted by Gasteiger charge is -2.24. The molecular weight excluding hydrogens is 839 g/mol. The maximum Gasteiger partial charge on any atom is 0.306 e. The summed E-state index contributed by atoms with van der Waals surface area (Å²) in [6.45, 7) is 6.35. The Labute approximate surface area is 421 Å². The topological polar surface area (TPSA) is 95.9 Å². The van der Waals surface area contributed by atoms with Gasteiger partial charge in [-0.2, -0.15) is 0 Å². The van der Waals surface area contributed by atoms with E-state index >= 15 is 0 Å². The molecule has 0 aromatic rings. The quantitative estimate of drug-likeness (QED) is 0.0244. The fourth-order valence-corrected chi connectivity index (χ4v) is 8.39. The average molecular weight is 949 g/mol. The van der Waals surface area contributed by atoms with E-state index < -0.39 is 18.2 Å². The van der Waals surface area contributed by atoms with Gasteiger partial charge in [-0.15, -0.1) is 0 Å². The number of aliphatic hydroxyl groups is 2. The molecule has 6 nitrogen and oxygen atoms in total. The monoisotopic (exact) mass is 948 g/mol. The fraction of sp³-hybridized carbons (Fsp3) is 0.742. The highest BCUT2D eigenvalue weighted by atomic mass is 16.5. The number of unbranched alkanes of at least 4 members (excludes halogenated alkanes) is 27. The third kappa shape index (κ3) is 49.5. The number of ether oxygens (including phenoxy) is 1. The second-order valence-corrected chi connectivity index (χ2v) is 19.3. The van der Waals surface area contributed by atoms with Gasteiger partial charge in [-0.05, 0) is 70.6 Å². The summed E-state index contributed by atoms with van der Waals surface area (Å²) in [5, 5.41) is 23.8. The number of rotatable bonds is 51. The molecule has 0 saturated heterocycles. The molecule has 0 saturated carbocycles. The molecule has 3 unspecified atom stereocenters. The molecule has 0 aromatic heterocycles. The number of amides is 1. The highest BCUT2D eigenvalue weighted by molar-refractivity contribution is 5.77. The molecule has 0 bridgehead atoms. The van der Waals surface area contributed by atoms with Gasteiger partial charge in [0.2, 0.25) is 5.91 Å². The lowest BCUT2D eigenvalue weighted by atomic mass is 10.0. The van der Waals surface area contributed by atoms with Crippen LogP contribution in [0.15, 0.2) is 85.1 Å². The van der Waals surface area contributed by atoms with Crippen molar-refractivity contribution in [3.05, 3.63) is 85.1 Å². The predicted molar refractivity (Wildman–Crippen MR) is 296 cm³/mol. The number of esters is 1. The molecule has 392 valence electrons. The van der Waals surface area contributed by atoms with Gasteiger partial charge < -0.3 is 20.3 Å². The fourth-order valence-electron chi connectivity index (χ4n) is 8.39. The van der Waals surface area contributed by atoms with Gasteiger partial charge >= 0.3 is 5.97 Å². The first-order valence-electron chi connectivity index (χ1n) is 28.8. The maximum atomic E-state index is 13.2. The van der Waals surface area contributed by atoms with Gasteiger partial charge in [0.05, 0.1) is 25.2 Å². The molecule has 68 heavy (non-hydrogen) atoms. The Hall–Kier alpha value is -2.96. The molecule has 0 fully saturated rings. The second kappa shape index (κ2) is 55.0. The Morgan fingerprint density at radius 1 is 0.471 bits per heavy atom. The summed E-state index contributed by atoms with van der Waals surface area (Å²) < 4.78 is 5.88. The molecule has 0 aliphatic rings. The van der Waals surface area contributed by atoms with Gasteiger partial charge in [0.1, 0.15) is 6.10 Å². The molecule has 0 aromatic carbocycles. The zero-order valence-electron chi connectivity index (χ0n) is 44.7. The lowest BCUT2D eigenvalue weighted by molar-refractivity contribution is -0.150. The second-order valence-electron chi connectivity index (χ2n) is 19.3. The third-order valence-corrected chi connectivity index (χ3v) is 12.7. The Morgan fingerprint density at radius 2 is 0.853 bits per heavy atom. The average Bonchev–Trinajstić information content (AvgIpc) is 3.33. The predicted octanol–water partition coefficient (Wildman–Crippen LogP) is 17.9. The Morgan fingerprint density at radius 3 is 1.28 bits per heavy atom. The summed E-state index contributed by atoms with van der Waals surface area (Å²) in [5.74, 6) is -0.596. The number of allylic oxidation sites excluding steroid dienone is 13. The zero-order valence-corrected chi connectivity index (χ0v) is 44.7. The van der Waals surface area contributed by atoms with Crippen LogP contribution in [-0.4, -0.2) is 46.9 Å². The van der Waals surface area contributed by atoms with Gasteiger partial charge in [0, 0.05) is 12.8 Å². The maximum absolute atomic E-state index is 13.2. The smallest absolute Gasteiger partial charge is 0.306 e. The molecule has 0 heterocycles. The largest absolute Gasteiger partial charge is 0.461 e. The molecule has 0 radical (unpaired) electrons. The highest BCUT2D eigenvalue weighted by Gasteiger charge is 2.23. The van der Waals surface area contributed by atoms with Crippen molar-refractivity contribution in [2.24, 2.45) is 0 Å². The zero-order chi connectivity index (χ0) is 49.5. The van der Waals surface area contributed by atoms with Crippen LogP contribution in [0.2, 0.25) is 0 Å². The molecule has 0 aliphatic carbocycles. The van der Waals surface area contributed by atoms with E-state index in [-0.39, 0.29) is 24.9 Å². The van der Waals surface area contributed by atoms with E-state index in [4.69, 9.17) is 4.74 Å². The van der Waals surface area contributed by atoms with E-state index in [1.54, 1.807) is 0 Å². The molecule has 3 N–H and O–H groups in total. The first-order valence-corrected chi connectivity index (χ1v) is 28.8. The molecular formula is C62H109NO5. The first-order chi connectivity index (χ1) is 33.5. The molecule has 0 spiro atoms. The van der Waals surface area contributed by atoms with E-state index in [1.807, 2.05) is 12.2 Å². The van der Waals surface area contributed by atoms with Crippen molar-refractivity contribution in [2.75, 3.05) is 6.61 Å². The number of hydrogen-bond acceptors (Lipinski definition) is 5. The van der Waals surface area contributed by atoms with Gasteiger partial charge in [0.15, 0.2) is 0 Å². The van der Waals surface area contributed by atoms with Crippen molar-refractivity contribution >= 4 is 11.9 Å². The number of nitrogens with one attached hydrogen (secondary N) is 1. The van der Waals surface area contributed by atoms with E-state index in [1.165, 1.54) is 135 Å². The molecule has 1 amide bonds. The lowest BCUT2D eigenvalue weighted by Crippen LogP contribution is -2.46. The van der Waals surface area contributed by atoms with Crippen LogP contribution in [0.5, 0.6) is 0 Å². The third-order valence-electron chi connectivity index (χ3n) is 12.7. The van der Waals surface area contributed by atoms with Crippen LogP contribution in [-0.2, 0) is 14.3 Å². The van der Waals surface area contributed by atoms with Crippen LogP contribution in [0.4, 0.5) is 0 Å². The van der Waals surface area contributed by atoms with Crippen molar-refractivity contribution in [1.82, 2.24) is 5.32 Å². The summed E-state index contributed by atoms with van der Waals surface area (Å²) in [4.78, 5) is 26.2. The van der Waals surface area contributed by atoms with E-state index in [0.717, 1.165) is 89.9 Å². The van der Waals surface area contributed by atoms with Crippen molar-refractivity contribution in [2.45, 2.75) is 289 Å². The molecule has 6 heteroatoms. The van der Waals surface area contributed by atoms with Gasteiger partial charge in [0.25, 0.3) is 0 Å².